The lowest BCUT2D eigenvalue weighted by atomic mass is 9.98. The predicted octanol–water partition coefficient (Wildman–Crippen LogP) is 5.79. The first kappa shape index (κ1) is 55.8. The van der Waals surface area contributed by atoms with Crippen molar-refractivity contribution in [2.24, 2.45) is 0 Å². The minimum atomic E-state index is -1.70. The van der Waals surface area contributed by atoms with E-state index in [0.29, 0.717) is 13.0 Å². The lowest BCUT2D eigenvalue weighted by Crippen LogP contribution is -2.61. The summed E-state index contributed by atoms with van der Waals surface area (Å²) in [6.07, 6.45) is 25.8. The van der Waals surface area contributed by atoms with Crippen molar-refractivity contribution in [3.8, 4) is 0 Å². The van der Waals surface area contributed by atoms with Crippen molar-refractivity contribution in [3.63, 3.8) is 0 Å². The number of rotatable bonds is 35. The second-order valence-electron chi connectivity index (χ2n) is 16.2. The fraction of sp³-hybridized carbons (Fsp3) is 0.771. The molecule has 0 aromatic carbocycles. The van der Waals surface area contributed by atoms with Crippen molar-refractivity contribution in [2.75, 3.05) is 33.0 Å². The Kier molecular flexibility index (Phi) is 32.4. The van der Waals surface area contributed by atoms with Gasteiger partial charge in [-0.1, -0.05) is 132 Å². The molecule has 358 valence electrons. The lowest BCUT2D eigenvalue weighted by molar-refractivity contribution is -0.332. The third kappa shape index (κ3) is 24.1. The maximum atomic E-state index is 12.5. The average molecular weight is 883 g/mol. The summed E-state index contributed by atoms with van der Waals surface area (Å²) in [6.45, 7) is 3.27. The van der Waals surface area contributed by atoms with Gasteiger partial charge in [-0.3, -0.25) is 4.79 Å². The summed E-state index contributed by atoms with van der Waals surface area (Å²) in [7, 11) is 0. The first-order valence-corrected chi connectivity index (χ1v) is 23.4. The molecule has 0 aromatic heterocycles. The molecule has 14 heteroatoms. The minimum absolute atomic E-state index is 0.0522. The van der Waals surface area contributed by atoms with E-state index in [9.17, 15) is 40.5 Å². The summed E-state index contributed by atoms with van der Waals surface area (Å²) in [5.74, 6) is -0.416. The van der Waals surface area contributed by atoms with Gasteiger partial charge in [-0.2, -0.15) is 0 Å². The van der Waals surface area contributed by atoms with Crippen molar-refractivity contribution in [1.82, 2.24) is 0 Å². The Morgan fingerprint density at radius 1 is 0.548 bits per heavy atom. The van der Waals surface area contributed by atoms with Crippen LogP contribution in [0.2, 0.25) is 0 Å². The molecule has 11 unspecified atom stereocenters. The van der Waals surface area contributed by atoms with E-state index in [-0.39, 0.29) is 19.6 Å². The fourth-order valence-electron chi connectivity index (χ4n) is 6.93. The second-order valence-corrected chi connectivity index (χ2v) is 16.2. The Balaban J connectivity index is 1.58. The number of allylic oxidation sites excluding steroid dienone is 10. The first-order chi connectivity index (χ1) is 30.1. The monoisotopic (exact) mass is 883 g/mol. The van der Waals surface area contributed by atoms with Gasteiger partial charge in [-0.25, -0.2) is 0 Å². The van der Waals surface area contributed by atoms with E-state index in [2.05, 4.69) is 67.7 Å². The number of hydrogen-bond donors (Lipinski definition) is 7. The number of hydrogen-bond acceptors (Lipinski definition) is 14. The Morgan fingerprint density at radius 3 is 1.58 bits per heavy atom. The molecule has 0 amide bonds. The van der Waals surface area contributed by atoms with E-state index < -0.39 is 86.7 Å². The highest BCUT2D eigenvalue weighted by atomic mass is 16.7. The topological polar surface area (TPSA) is 214 Å². The van der Waals surface area contributed by atoms with Gasteiger partial charge in [0, 0.05) is 13.0 Å². The molecule has 0 saturated carbocycles. The number of unbranched alkanes of at least 4 members (excludes halogenated alkanes) is 11. The molecule has 2 saturated heterocycles. The number of carbonyl (C=O) groups is 1. The van der Waals surface area contributed by atoms with Crippen molar-refractivity contribution < 1.29 is 69.0 Å². The van der Waals surface area contributed by atoms with Crippen LogP contribution in [0.4, 0.5) is 0 Å². The molecule has 0 spiro atoms. The summed E-state index contributed by atoms with van der Waals surface area (Å²) in [4.78, 5) is 12.5. The molecule has 2 rings (SSSR count). The smallest absolute Gasteiger partial charge is 0.306 e. The molecule has 2 fully saturated rings. The number of carbonyl (C=O) groups excluding carboxylic acids is 1. The zero-order valence-corrected chi connectivity index (χ0v) is 37.6. The summed E-state index contributed by atoms with van der Waals surface area (Å²) in [6, 6.07) is 0. The highest BCUT2D eigenvalue weighted by Crippen LogP contribution is 2.26. The van der Waals surface area contributed by atoms with Crippen LogP contribution in [0.5, 0.6) is 0 Å². The molecule has 11 atom stereocenters. The quantitative estimate of drug-likeness (QED) is 0.0228. The van der Waals surface area contributed by atoms with Gasteiger partial charge in [0.2, 0.25) is 0 Å². The van der Waals surface area contributed by atoms with Crippen molar-refractivity contribution in [1.29, 1.82) is 0 Å². The first-order valence-electron chi connectivity index (χ1n) is 23.4. The Bertz CT molecular complexity index is 1250. The van der Waals surface area contributed by atoms with E-state index >= 15 is 0 Å². The standard InChI is InChI=1S/C48H82O14/c1-3-5-7-8-9-10-11-12-13-14-15-16-17-18-19-20-21-22-23-24-25-26-27-28-29-30-32-57-34-37(60-40(50)31-6-4-2)35-58-47-46(56)44(54)42(52)39(62-47)36-59-48-45(55)43(53)41(51)38(33-49)61-48/h5,7,9-10,12-13,15-16,18-19,37-39,41-49,51-56H,3-4,6,8,11,14,17,20-36H2,1-2H3/b7-5-,10-9-,13-12-,16-15-,19-18-. The third-order valence-electron chi connectivity index (χ3n) is 10.8. The van der Waals surface area contributed by atoms with Crippen LogP contribution in [-0.2, 0) is 33.2 Å². The molecule has 62 heavy (non-hydrogen) atoms. The summed E-state index contributed by atoms with van der Waals surface area (Å²) < 4.78 is 33.7. The summed E-state index contributed by atoms with van der Waals surface area (Å²) >= 11 is 0. The Labute approximate surface area is 371 Å². The summed E-state index contributed by atoms with van der Waals surface area (Å²) in [5.41, 5.74) is 0. The van der Waals surface area contributed by atoms with E-state index in [1.54, 1.807) is 0 Å². The van der Waals surface area contributed by atoms with Crippen LogP contribution in [0.3, 0.4) is 0 Å². The largest absolute Gasteiger partial charge is 0.457 e. The number of ether oxygens (including phenoxy) is 6. The number of aliphatic hydroxyl groups excluding tert-OH is 7. The molecule has 7 N–H and O–H groups in total. The van der Waals surface area contributed by atoms with Crippen LogP contribution < -0.4 is 0 Å². The average Bonchev–Trinajstić information content (AvgIpc) is 3.27. The molecule has 2 aliphatic rings. The SMILES string of the molecule is CC/C=C\C/C=C\C/C=C\C/C=C\C/C=C\CCCCCCCCCCCCOCC(COC1OC(COC2OC(CO)C(O)C(O)C2O)C(O)C(O)C1O)OC(=O)CCCC. The maximum Gasteiger partial charge on any atom is 0.306 e. The van der Waals surface area contributed by atoms with E-state index in [1.165, 1.54) is 44.9 Å². The van der Waals surface area contributed by atoms with Gasteiger partial charge in [0.25, 0.3) is 0 Å². The Morgan fingerprint density at radius 2 is 1.03 bits per heavy atom. The van der Waals surface area contributed by atoms with Crippen molar-refractivity contribution in [2.45, 2.75) is 203 Å². The minimum Gasteiger partial charge on any atom is -0.457 e. The molecule has 14 nitrogen and oxygen atoms in total. The van der Waals surface area contributed by atoms with Crippen LogP contribution in [0.15, 0.2) is 60.8 Å². The van der Waals surface area contributed by atoms with Gasteiger partial charge in [0.1, 0.15) is 54.9 Å². The van der Waals surface area contributed by atoms with Gasteiger partial charge in [0.05, 0.1) is 26.4 Å². The highest BCUT2D eigenvalue weighted by Gasteiger charge is 2.47. The van der Waals surface area contributed by atoms with E-state index in [0.717, 1.165) is 64.2 Å². The molecule has 2 aliphatic heterocycles. The molecule has 0 bridgehead atoms. The van der Waals surface area contributed by atoms with Gasteiger partial charge >= 0.3 is 5.97 Å². The van der Waals surface area contributed by atoms with Crippen LogP contribution in [0.25, 0.3) is 0 Å². The van der Waals surface area contributed by atoms with Crippen molar-refractivity contribution in [3.05, 3.63) is 60.8 Å². The van der Waals surface area contributed by atoms with Gasteiger partial charge < -0.3 is 64.2 Å². The van der Waals surface area contributed by atoms with Crippen LogP contribution in [0, 0.1) is 0 Å². The Hall–Kier alpha value is -2.31. The fourth-order valence-corrected chi connectivity index (χ4v) is 6.93. The normalized spacial score (nSPS) is 27.8. The van der Waals surface area contributed by atoms with Crippen LogP contribution in [0.1, 0.15) is 136 Å². The zero-order valence-electron chi connectivity index (χ0n) is 37.6. The highest BCUT2D eigenvalue weighted by molar-refractivity contribution is 5.69. The second kappa shape index (κ2) is 36.0. The number of esters is 1. The molecule has 0 aromatic rings. The predicted molar refractivity (Wildman–Crippen MR) is 238 cm³/mol. The van der Waals surface area contributed by atoms with Gasteiger partial charge in [0.15, 0.2) is 12.6 Å². The molecular formula is C48H82O14. The molecule has 2 heterocycles. The molecular weight excluding hydrogens is 801 g/mol. The van der Waals surface area contributed by atoms with E-state index in [1.807, 2.05) is 6.92 Å². The zero-order chi connectivity index (χ0) is 45.2. The van der Waals surface area contributed by atoms with E-state index in [4.69, 9.17) is 28.4 Å². The van der Waals surface area contributed by atoms with Crippen molar-refractivity contribution >= 4 is 5.97 Å². The van der Waals surface area contributed by atoms with Crippen LogP contribution >= 0.6 is 0 Å². The third-order valence-corrected chi connectivity index (χ3v) is 10.8. The van der Waals surface area contributed by atoms with Crippen LogP contribution in [-0.4, -0.2) is 142 Å². The maximum absolute atomic E-state index is 12.5. The molecule has 0 aliphatic carbocycles. The van der Waals surface area contributed by atoms with Gasteiger partial charge in [-0.15, -0.1) is 0 Å². The van der Waals surface area contributed by atoms with Gasteiger partial charge in [-0.05, 0) is 57.8 Å². The molecule has 0 radical (unpaired) electrons. The summed E-state index contributed by atoms with van der Waals surface area (Å²) in [5, 5.41) is 71.5. The number of aliphatic hydroxyl groups is 7. The lowest BCUT2D eigenvalue weighted by Gasteiger charge is -2.42.